The normalized spacial score (nSPS) is 17.8. The first-order chi connectivity index (χ1) is 12.1. The van der Waals surface area contributed by atoms with Gasteiger partial charge in [0, 0.05) is 24.6 Å². The van der Waals surface area contributed by atoms with Crippen molar-refractivity contribution < 1.29 is 4.79 Å². The van der Waals surface area contributed by atoms with Gasteiger partial charge in [0.2, 0.25) is 0 Å². The van der Waals surface area contributed by atoms with Crippen LogP contribution in [0.15, 0.2) is 42.5 Å². The summed E-state index contributed by atoms with van der Waals surface area (Å²) in [6.45, 7) is 5.75. The molecule has 128 valence electrons. The summed E-state index contributed by atoms with van der Waals surface area (Å²) < 4.78 is 1.23. The average Bonchev–Trinajstić information content (AvgIpc) is 3.08. The van der Waals surface area contributed by atoms with Crippen molar-refractivity contribution in [2.24, 2.45) is 0 Å². The number of likely N-dealkylation sites (tertiary alicyclic amines) is 1. The second kappa shape index (κ2) is 6.60. The van der Waals surface area contributed by atoms with E-state index in [2.05, 4.69) is 32.0 Å². The molecule has 4 rings (SSSR count). The standard InChI is InChI=1S/C21H22N2OS/c1-14-9-10-16(12-15(14)2)21(24)23-11-5-6-17(13-23)20-22-18-7-3-4-8-19(18)25-20/h3-4,7-10,12,17H,5-6,11,13H2,1-2H3. The number of amides is 1. The Hall–Kier alpha value is -2.20. The third kappa shape index (κ3) is 3.19. The Morgan fingerprint density at radius 1 is 1.16 bits per heavy atom. The van der Waals surface area contributed by atoms with Crippen molar-refractivity contribution in [3.63, 3.8) is 0 Å². The van der Waals surface area contributed by atoms with Crippen molar-refractivity contribution in [3.05, 3.63) is 64.2 Å². The molecule has 0 radical (unpaired) electrons. The number of carbonyl (C=O) groups is 1. The molecule has 0 spiro atoms. The summed E-state index contributed by atoms with van der Waals surface area (Å²) in [6.07, 6.45) is 2.15. The van der Waals surface area contributed by atoms with Crippen LogP contribution in [0.25, 0.3) is 10.2 Å². The molecule has 0 N–H and O–H groups in total. The monoisotopic (exact) mass is 350 g/mol. The van der Waals surface area contributed by atoms with Gasteiger partial charge >= 0.3 is 0 Å². The summed E-state index contributed by atoms with van der Waals surface area (Å²) in [5.41, 5.74) is 4.27. The molecule has 1 atom stereocenters. The van der Waals surface area contributed by atoms with E-state index in [1.807, 2.05) is 29.2 Å². The number of aromatic nitrogens is 1. The van der Waals surface area contributed by atoms with Gasteiger partial charge in [0.1, 0.15) is 0 Å². The molecule has 3 nitrogen and oxygen atoms in total. The predicted molar refractivity (Wildman–Crippen MR) is 103 cm³/mol. The fourth-order valence-corrected chi connectivity index (χ4v) is 4.58. The van der Waals surface area contributed by atoms with E-state index in [1.165, 1.54) is 20.8 Å². The Kier molecular flexibility index (Phi) is 4.30. The highest BCUT2D eigenvalue weighted by Gasteiger charge is 2.27. The summed E-state index contributed by atoms with van der Waals surface area (Å²) in [4.78, 5) is 19.7. The number of benzene rings is 2. The number of piperidine rings is 1. The molecule has 1 saturated heterocycles. The molecule has 2 aromatic carbocycles. The minimum atomic E-state index is 0.147. The lowest BCUT2D eigenvalue weighted by Crippen LogP contribution is -2.39. The third-order valence-corrected chi connectivity index (χ3v) is 6.32. The maximum absolute atomic E-state index is 12.9. The van der Waals surface area contributed by atoms with Crippen LogP contribution in [0.4, 0.5) is 0 Å². The SMILES string of the molecule is Cc1ccc(C(=O)N2CCCC(c3nc4ccccc4s3)C2)cc1C. The Labute approximate surface area is 152 Å². The van der Waals surface area contributed by atoms with Crippen LogP contribution in [0.3, 0.4) is 0 Å². The number of hydrogen-bond acceptors (Lipinski definition) is 3. The molecule has 1 aliphatic rings. The molecule has 4 heteroatoms. The first kappa shape index (κ1) is 16.3. The molecule has 0 aliphatic carbocycles. The first-order valence-electron chi connectivity index (χ1n) is 8.84. The number of rotatable bonds is 2. The molecule has 25 heavy (non-hydrogen) atoms. The van der Waals surface area contributed by atoms with E-state index in [9.17, 15) is 4.79 Å². The molecule has 0 saturated carbocycles. The van der Waals surface area contributed by atoms with E-state index in [4.69, 9.17) is 4.98 Å². The van der Waals surface area contributed by atoms with Crippen molar-refractivity contribution >= 4 is 27.5 Å². The Bertz CT molecular complexity index is 898. The van der Waals surface area contributed by atoms with E-state index in [1.54, 1.807) is 11.3 Å². The van der Waals surface area contributed by atoms with Crippen LogP contribution < -0.4 is 0 Å². The van der Waals surface area contributed by atoms with Crippen molar-refractivity contribution in [3.8, 4) is 0 Å². The fraction of sp³-hybridized carbons (Fsp3) is 0.333. The van der Waals surface area contributed by atoms with Crippen LogP contribution in [0.5, 0.6) is 0 Å². The van der Waals surface area contributed by atoms with Crippen molar-refractivity contribution in [2.45, 2.75) is 32.6 Å². The minimum Gasteiger partial charge on any atom is -0.338 e. The van der Waals surface area contributed by atoms with Gasteiger partial charge < -0.3 is 4.90 Å². The number of nitrogens with zero attached hydrogens (tertiary/aromatic N) is 2. The Morgan fingerprint density at radius 3 is 2.80 bits per heavy atom. The zero-order valence-electron chi connectivity index (χ0n) is 14.7. The quantitative estimate of drug-likeness (QED) is 0.656. The average molecular weight is 350 g/mol. The first-order valence-corrected chi connectivity index (χ1v) is 9.65. The molecule has 1 amide bonds. The van der Waals surface area contributed by atoms with Gasteiger partial charge in [0.15, 0.2) is 0 Å². The molecule has 0 bridgehead atoms. The van der Waals surface area contributed by atoms with Gasteiger partial charge in [-0.15, -0.1) is 11.3 Å². The van der Waals surface area contributed by atoms with Gasteiger partial charge in [0.25, 0.3) is 5.91 Å². The Morgan fingerprint density at radius 2 is 2.00 bits per heavy atom. The van der Waals surface area contributed by atoms with Crippen molar-refractivity contribution in [1.29, 1.82) is 0 Å². The van der Waals surface area contributed by atoms with E-state index in [-0.39, 0.29) is 5.91 Å². The lowest BCUT2D eigenvalue weighted by atomic mass is 9.97. The van der Waals surface area contributed by atoms with Crippen molar-refractivity contribution in [1.82, 2.24) is 9.88 Å². The highest BCUT2D eigenvalue weighted by Crippen LogP contribution is 2.33. The van der Waals surface area contributed by atoms with Crippen LogP contribution in [0.2, 0.25) is 0 Å². The number of carbonyl (C=O) groups excluding carboxylic acids is 1. The van der Waals surface area contributed by atoms with Crippen LogP contribution in [-0.4, -0.2) is 28.9 Å². The van der Waals surface area contributed by atoms with Crippen molar-refractivity contribution in [2.75, 3.05) is 13.1 Å². The van der Waals surface area contributed by atoms with E-state index >= 15 is 0 Å². The fourth-order valence-electron chi connectivity index (χ4n) is 3.48. The third-order valence-electron chi connectivity index (χ3n) is 5.12. The van der Waals surface area contributed by atoms with Gasteiger partial charge in [-0.2, -0.15) is 0 Å². The number of thiazole rings is 1. The highest BCUT2D eigenvalue weighted by atomic mass is 32.1. The van der Waals surface area contributed by atoms with Crippen LogP contribution >= 0.6 is 11.3 Å². The topological polar surface area (TPSA) is 33.2 Å². The van der Waals surface area contributed by atoms with Crippen LogP contribution in [0, 0.1) is 13.8 Å². The molecular formula is C21H22N2OS. The largest absolute Gasteiger partial charge is 0.338 e. The smallest absolute Gasteiger partial charge is 0.253 e. The molecule has 1 aromatic heterocycles. The van der Waals surface area contributed by atoms with E-state index in [0.717, 1.165) is 37.0 Å². The van der Waals surface area contributed by atoms with E-state index in [0.29, 0.717) is 5.92 Å². The van der Waals surface area contributed by atoms with Gasteiger partial charge in [-0.3, -0.25) is 4.79 Å². The number of aryl methyl sites for hydroxylation is 2. The summed E-state index contributed by atoms with van der Waals surface area (Å²) in [7, 11) is 0. The molecule has 3 aromatic rings. The lowest BCUT2D eigenvalue weighted by molar-refractivity contribution is 0.0707. The number of para-hydroxylation sites is 1. The summed E-state index contributed by atoms with van der Waals surface area (Å²) >= 11 is 1.77. The van der Waals surface area contributed by atoms with Crippen LogP contribution in [-0.2, 0) is 0 Å². The zero-order chi connectivity index (χ0) is 17.4. The van der Waals surface area contributed by atoms with Gasteiger partial charge in [-0.25, -0.2) is 4.98 Å². The molecular weight excluding hydrogens is 328 g/mol. The summed E-state index contributed by atoms with van der Waals surface area (Å²) in [5, 5.41) is 1.17. The second-order valence-electron chi connectivity index (χ2n) is 6.91. The van der Waals surface area contributed by atoms with Gasteiger partial charge in [-0.05, 0) is 62.1 Å². The zero-order valence-corrected chi connectivity index (χ0v) is 15.5. The highest BCUT2D eigenvalue weighted by molar-refractivity contribution is 7.18. The molecule has 2 heterocycles. The second-order valence-corrected chi connectivity index (χ2v) is 7.97. The predicted octanol–water partition coefficient (Wildman–Crippen LogP) is 4.93. The maximum Gasteiger partial charge on any atom is 0.253 e. The number of hydrogen-bond donors (Lipinski definition) is 0. The minimum absolute atomic E-state index is 0.147. The molecule has 1 fully saturated rings. The molecule has 1 aliphatic heterocycles. The summed E-state index contributed by atoms with van der Waals surface area (Å²) in [5.74, 6) is 0.496. The molecule has 1 unspecified atom stereocenters. The summed E-state index contributed by atoms with van der Waals surface area (Å²) in [6, 6.07) is 14.3. The van der Waals surface area contributed by atoms with Gasteiger partial charge in [0.05, 0.1) is 15.2 Å². The van der Waals surface area contributed by atoms with Crippen LogP contribution in [0.1, 0.15) is 45.3 Å². The maximum atomic E-state index is 12.9. The van der Waals surface area contributed by atoms with Gasteiger partial charge in [-0.1, -0.05) is 18.2 Å². The van der Waals surface area contributed by atoms with E-state index < -0.39 is 0 Å². The Balaban J connectivity index is 1.55. The number of fused-ring (bicyclic) bond motifs is 1. The lowest BCUT2D eigenvalue weighted by Gasteiger charge is -2.32.